The molecular weight excluding hydrogens is 214 g/mol. The molecule has 0 N–H and O–H groups in total. The van der Waals surface area contributed by atoms with Crippen LogP contribution in [-0.4, -0.2) is 48.9 Å². The van der Waals surface area contributed by atoms with Gasteiger partial charge in [-0.2, -0.15) is 0 Å². The molecule has 2 heterocycles. The summed E-state index contributed by atoms with van der Waals surface area (Å²) in [6.45, 7) is 5.22. The molecule has 4 nitrogen and oxygen atoms in total. The van der Waals surface area contributed by atoms with Gasteiger partial charge in [0.05, 0.1) is 0 Å². The number of carbonyl (C=O) groups excluding carboxylic acids is 1. The number of hydrogen-bond acceptors (Lipinski definition) is 4. The maximum Gasteiger partial charge on any atom is 0.128 e. The number of carbonyl (C=O) groups is 1. The number of aromatic nitrogens is 1. The van der Waals surface area contributed by atoms with E-state index in [0.717, 1.165) is 51.2 Å². The molecule has 1 aromatic heterocycles. The van der Waals surface area contributed by atoms with E-state index in [4.69, 9.17) is 0 Å². The number of pyridine rings is 1. The molecule has 4 heteroatoms. The number of hydrogen-bond donors (Lipinski definition) is 0. The second-order valence-corrected chi connectivity index (χ2v) is 4.33. The Kier molecular flexibility index (Phi) is 4.50. The van der Waals surface area contributed by atoms with Gasteiger partial charge in [-0.25, -0.2) is 4.98 Å². The van der Waals surface area contributed by atoms with Crippen LogP contribution in [0.3, 0.4) is 0 Å². The predicted octanol–water partition coefficient (Wildman–Crippen LogP) is 1.18. The Hall–Kier alpha value is -1.42. The summed E-state index contributed by atoms with van der Waals surface area (Å²) in [5.41, 5.74) is 0. The van der Waals surface area contributed by atoms with Crippen molar-refractivity contribution in [2.24, 2.45) is 0 Å². The average molecular weight is 233 g/mol. The molecular formula is C13H19N3O. The second-order valence-electron chi connectivity index (χ2n) is 4.33. The summed E-state index contributed by atoms with van der Waals surface area (Å²) in [6, 6.07) is 6.03. The smallest absolute Gasteiger partial charge is 0.128 e. The molecule has 0 aromatic carbocycles. The molecule has 1 fully saturated rings. The van der Waals surface area contributed by atoms with Gasteiger partial charge in [0.25, 0.3) is 0 Å². The Balaban J connectivity index is 1.76. The van der Waals surface area contributed by atoms with Crippen molar-refractivity contribution in [2.45, 2.75) is 12.8 Å². The maximum absolute atomic E-state index is 10.2. The lowest BCUT2D eigenvalue weighted by molar-refractivity contribution is -0.108. The Morgan fingerprint density at radius 1 is 1.24 bits per heavy atom. The van der Waals surface area contributed by atoms with Crippen molar-refractivity contribution in [1.29, 1.82) is 0 Å². The topological polar surface area (TPSA) is 36.4 Å². The number of unbranched alkanes of at least 4 members (excludes halogenated alkanes) is 1. The van der Waals surface area contributed by atoms with Gasteiger partial charge in [-0.05, 0) is 25.1 Å². The molecule has 2 rings (SSSR count). The summed E-state index contributed by atoms with van der Waals surface area (Å²) in [4.78, 5) is 19.3. The van der Waals surface area contributed by atoms with Crippen LogP contribution in [0.15, 0.2) is 24.4 Å². The third kappa shape index (κ3) is 3.53. The van der Waals surface area contributed by atoms with E-state index in [9.17, 15) is 4.79 Å². The van der Waals surface area contributed by atoms with Gasteiger partial charge in [-0.15, -0.1) is 0 Å². The average Bonchev–Trinajstić information content (AvgIpc) is 2.41. The lowest BCUT2D eigenvalue weighted by atomic mass is 10.2. The van der Waals surface area contributed by atoms with E-state index in [1.807, 2.05) is 18.3 Å². The lowest BCUT2D eigenvalue weighted by Crippen LogP contribution is -2.46. The fourth-order valence-electron chi connectivity index (χ4n) is 2.14. The van der Waals surface area contributed by atoms with Crippen molar-refractivity contribution in [3.8, 4) is 0 Å². The standard InChI is InChI=1S/C13H19N3O/c17-12-4-3-7-15-8-10-16(11-9-15)13-5-1-2-6-14-13/h1-2,5-6,12H,3-4,7-11H2. The molecule has 0 spiro atoms. The number of anilines is 1. The molecule has 0 unspecified atom stereocenters. The van der Waals surface area contributed by atoms with Crippen LogP contribution in [0.25, 0.3) is 0 Å². The number of rotatable bonds is 5. The van der Waals surface area contributed by atoms with Crippen LogP contribution in [0.2, 0.25) is 0 Å². The first-order valence-electron chi connectivity index (χ1n) is 6.22. The quantitative estimate of drug-likeness (QED) is 0.565. The van der Waals surface area contributed by atoms with Crippen molar-refractivity contribution in [1.82, 2.24) is 9.88 Å². The lowest BCUT2D eigenvalue weighted by Gasteiger charge is -2.35. The molecule has 1 saturated heterocycles. The highest BCUT2D eigenvalue weighted by molar-refractivity contribution is 5.49. The highest BCUT2D eigenvalue weighted by Gasteiger charge is 2.16. The van der Waals surface area contributed by atoms with Gasteiger partial charge >= 0.3 is 0 Å². The van der Waals surface area contributed by atoms with E-state index < -0.39 is 0 Å². The molecule has 17 heavy (non-hydrogen) atoms. The summed E-state index contributed by atoms with van der Waals surface area (Å²) >= 11 is 0. The van der Waals surface area contributed by atoms with Crippen LogP contribution < -0.4 is 4.90 Å². The van der Waals surface area contributed by atoms with E-state index in [1.54, 1.807) is 0 Å². The first-order chi connectivity index (χ1) is 8.40. The number of aldehydes is 1. The Morgan fingerprint density at radius 3 is 2.71 bits per heavy atom. The Labute approximate surface area is 102 Å². The Morgan fingerprint density at radius 2 is 2.06 bits per heavy atom. The largest absolute Gasteiger partial charge is 0.354 e. The van der Waals surface area contributed by atoms with E-state index in [2.05, 4.69) is 20.9 Å². The van der Waals surface area contributed by atoms with Crippen LogP contribution >= 0.6 is 0 Å². The third-order valence-electron chi connectivity index (χ3n) is 3.14. The summed E-state index contributed by atoms with van der Waals surface area (Å²) in [5, 5.41) is 0. The van der Waals surface area contributed by atoms with Crippen molar-refractivity contribution >= 4 is 12.1 Å². The third-order valence-corrected chi connectivity index (χ3v) is 3.14. The Bertz CT molecular complexity index is 334. The highest BCUT2D eigenvalue weighted by Crippen LogP contribution is 2.12. The maximum atomic E-state index is 10.2. The SMILES string of the molecule is O=CCCCN1CCN(c2ccccn2)CC1. The minimum Gasteiger partial charge on any atom is -0.354 e. The fraction of sp³-hybridized carbons (Fsp3) is 0.538. The zero-order chi connectivity index (χ0) is 11.9. The second kappa shape index (κ2) is 6.35. The van der Waals surface area contributed by atoms with Gasteiger partial charge < -0.3 is 9.69 Å². The molecule has 0 bridgehead atoms. The van der Waals surface area contributed by atoms with Gasteiger partial charge in [0.1, 0.15) is 12.1 Å². The van der Waals surface area contributed by atoms with E-state index in [-0.39, 0.29) is 0 Å². The number of nitrogens with zero attached hydrogens (tertiary/aromatic N) is 3. The minimum atomic E-state index is 0.681. The zero-order valence-electron chi connectivity index (χ0n) is 10.1. The highest BCUT2D eigenvalue weighted by atomic mass is 16.1. The van der Waals surface area contributed by atoms with Crippen LogP contribution in [0.5, 0.6) is 0 Å². The molecule has 0 atom stereocenters. The monoisotopic (exact) mass is 233 g/mol. The molecule has 1 aromatic rings. The summed E-state index contributed by atoms with van der Waals surface area (Å²) in [7, 11) is 0. The molecule has 0 radical (unpaired) electrons. The van der Waals surface area contributed by atoms with Crippen LogP contribution in [0.1, 0.15) is 12.8 Å². The normalized spacial score (nSPS) is 17.1. The summed E-state index contributed by atoms with van der Waals surface area (Å²) in [5.74, 6) is 1.07. The summed E-state index contributed by atoms with van der Waals surface area (Å²) in [6.07, 6.45) is 4.50. The van der Waals surface area contributed by atoms with Crippen molar-refractivity contribution in [3.05, 3.63) is 24.4 Å². The predicted molar refractivity (Wildman–Crippen MR) is 68.2 cm³/mol. The van der Waals surface area contributed by atoms with Gasteiger partial charge in [0.2, 0.25) is 0 Å². The van der Waals surface area contributed by atoms with Crippen molar-refractivity contribution in [2.75, 3.05) is 37.6 Å². The van der Waals surface area contributed by atoms with Crippen molar-refractivity contribution in [3.63, 3.8) is 0 Å². The zero-order valence-corrected chi connectivity index (χ0v) is 10.1. The van der Waals surface area contributed by atoms with Gasteiger partial charge in [-0.3, -0.25) is 4.90 Å². The molecule has 92 valence electrons. The van der Waals surface area contributed by atoms with Gasteiger partial charge in [0, 0.05) is 38.8 Å². The first-order valence-corrected chi connectivity index (χ1v) is 6.22. The van der Waals surface area contributed by atoms with Gasteiger partial charge in [-0.1, -0.05) is 6.07 Å². The molecule has 1 aliphatic heterocycles. The molecule has 0 aliphatic carbocycles. The van der Waals surface area contributed by atoms with Crippen LogP contribution in [-0.2, 0) is 4.79 Å². The minimum absolute atomic E-state index is 0.681. The van der Waals surface area contributed by atoms with Gasteiger partial charge in [0.15, 0.2) is 0 Å². The summed E-state index contributed by atoms with van der Waals surface area (Å²) < 4.78 is 0. The van der Waals surface area contributed by atoms with E-state index >= 15 is 0 Å². The molecule has 0 saturated carbocycles. The van der Waals surface area contributed by atoms with Crippen LogP contribution in [0, 0.1) is 0 Å². The number of piperazine rings is 1. The van der Waals surface area contributed by atoms with Crippen molar-refractivity contribution < 1.29 is 4.79 Å². The van der Waals surface area contributed by atoms with Crippen LogP contribution in [0.4, 0.5) is 5.82 Å². The van der Waals surface area contributed by atoms with E-state index in [1.165, 1.54) is 0 Å². The fourth-order valence-corrected chi connectivity index (χ4v) is 2.14. The molecule has 0 amide bonds. The van der Waals surface area contributed by atoms with E-state index in [0.29, 0.717) is 6.42 Å². The first kappa shape index (κ1) is 12.0. The molecule has 1 aliphatic rings.